The van der Waals surface area contributed by atoms with Gasteiger partial charge in [0.2, 0.25) is 0 Å². The van der Waals surface area contributed by atoms with E-state index in [4.69, 9.17) is 11.6 Å². The van der Waals surface area contributed by atoms with Crippen molar-refractivity contribution in [2.24, 2.45) is 5.10 Å². The van der Waals surface area contributed by atoms with E-state index in [0.29, 0.717) is 11.0 Å². The molecule has 6 heteroatoms. The Bertz CT molecular complexity index is 576. The van der Waals surface area contributed by atoms with Crippen LogP contribution < -0.4 is 10.3 Å². The van der Waals surface area contributed by atoms with E-state index < -0.39 is 0 Å². The van der Waals surface area contributed by atoms with E-state index in [1.165, 1.54) is 5.69 Å². The van der Waals surface area contributed by atoms with Crippen molar-refractivity contribution in [2.75, 3.05) is 23.4 Å². The van der Waals surface area contributed by atoms with Crippen LogP contribution in [0.3, 0.4) is 0 Å². The van der Waals surface area contributed by atoms with Gasteiger partial charge in [0, 0.05) is 18.8 Å². The average molecular weight is 304 g/mol. The molecule has 0 saturated carbocycles. The van der Waals surface area contributed by atoms with Gasteiger partial charge in [-0.05, 0) is 43.7 Å². The fourth-order valence-electron chi connectivity index (χ4n) is 1.91. The number of nitrogens with zero attached hydrogens (tertiary/aromatic N) is 4. The topological polar surface area (TPSA) is 53.4 Å². The van der Waals surface area contributed by atoms with E-state index in [-0.39, 0.29) is 0 Å². The molecule has 0 fully saturated rings. The van der Waals surface area contributed by atoms with Gasteiger partial charge in [0.25, 0.3) is 0 Å². The summed E-state index contributed by atoms with van der Waals surface area (Å²) in [7, 11) is 0. The molecule has 1 N–H and O–H groups in total. The molecule has 5 nitrogen and oxygen atoms in total. The summed E-state index contributed by atoms with van der Waals surface area (Å²) in [5.74, 6) is 0.551. The molecule has 0 aliphatic rings. The standard InChI is InChI=1S/C15H18ClN5/c1-3-21(4-2)13-7-5-12(6-8-13)11-17-19-15-10-9-14(16)18-20-15/h5-11H,3-4H2,1-2H3,(H,19,20)/b17-11-. The molecule has 0 saturated heterocycles. The van der Waals surface area contributed by atoms with Gasteiger partial charge in [-0.2, -0.15) is 5.10 Å². The number of rotatable bonds is 6. The Kier molecular flexibility index (Phi) is 5.51. The quantitative estimate of drug-likeness (QED) is 0.656. The second kappa shape index (κ2) is 7.59. The second-order valence-electron chi connectivity index (χ2n) is 4.38. The van der Waals surface area contributed by atoms with Crippen molar-refractivity contribution in [1.82, 2.24) is 10.2 Å². The van der Waals surface area contributed by atoms with Gasteiger partial charge in [0.05, 0.1) is 6.21 Å². The Morgan fingerprint density at radius 3 is 2.38 bits per heavy atom. The van der Waals surface area contributed by atoms with E-state index in [1.54, 1.807) is 18.3 Å². The molecule has 0 atom stereocenters. The zero-order valence-electron chi connectivity index (χ0n) is 12.1. The van der Waals surface area contributed by atoms with Crippen LogP contribution in [0.2, 0.25) is 5.15 Å². The summed E-state index contributed by atoms with van der Waals surface area (Å²) >= 11 is 5.66. The molecule has 1 aromatic carbocycles. The van der Waals surface area contributed by atoms with Crippen LogP contribution in [-0.4, -0.2) is 29.5 Å². The zero-order chi connectivity index (χ0) is 15.1. The summed E-state index contributed by atoms with van der Waals surface area (Å²) in [5.41, 5.74) is 5.04. The van der Waals surface area contributed by atoms with Crippen LogP contribution in [0.15, 0.2) is 41.5 Å². The van der Waals surface area contributed by atoms with Crippen LogP contribution in [0.5, 0.6) is 0 Å². The maximum absolute atomic E-state index is 5.66. The van der Waals surface area contributed by atoms with Gasteiger partial charge < -0.3 is 4.90 Å². The number of benzene rings is 1. The minimum atomic E-state index is 0.358. The smallest absolute Gasteiger partial charge is 0.168 e. The first-order valence-electron chi connectivity index (χ1n) is 6.86. The van der Waals surface area contributed by atoms with Crippen molar-refractivity contribution in [1.29, 1.82) is 0 Å². The average Bonchev–Trinajstić information content (AvgIpc) is 2.52. The molecule has 0 amide bonds. The second-order valence-corrected chi connectivity index (χ2v) is 4.76. The lowest BCUT2D eigenvalue weighted by atomic mass is 10.2. The van der Waals surface area contributed by atoms with Gasteiger partial charge in [-0.1, -0.05) is 23.7 Å². The van der Waals surface area contributed by atoms with Crippen molar-refractivity contribution in [2.45, 2.75) is 13.8 Å². The highest BCUT2D eigenvalue weighted by molar-refractivity contribution is 6.29. The van der Waals surface area contributed by atoms with Gasteiger partial charge in [-0.25, -0.2) is 0 Å². The Morgan fingerprint density at radius 1 is 1.10 bits per heavy atom. The van der Waals surface area contributed by atoms with Gasteiger partial charge in [-0.15, -0.1) is 10.2 Å². The lowest BCUT2D eigenvalue weighted by molar-refractivity contribution is 0.866. The highest BCUT2D eigenvalue weighted by atomic mass is 35.5. The lowest BCUT2D eigenvalue weighted by Crippen LogP contribution is -2.21. The summed E-state index contributed by atoms with van der Waals surface area (Å²) in [5, 5.41) is 12.1. The number of anilines is 2. The van der Waals surface area contributed by atoms with Gasteiger partial charge in [0.1, 0.15) is 0 Å². The molecule has 0 bridgehead atoms. The van der Waals surface area contributed by atoms with Gasteiger partial charge in [0.15, 0.2) is 11.0 Å². The minimum absolute atomic E-state index is 0.358. The molecular weight excluding hydrogens is 286 g/mol. The first kappa shape index (κ1) is 15.3. The fraction of sp³-hybridized carbons (Fsp3) is 0.267. The summed E-state index contributed by atoms with van der Waals surface area (Å²) in [4.78, 5) is 2.29. The highest BCUT2D eigenvalue weighted by Crippen LogP contribution is 2.14. The van der Waals surface area contributed by atoms with Crippen molar-refractivity contribution >= 4 is 29.3 Å². The Balaban J connectivity index is 1.96. The Morgan fingerprint density at radius 2 is 1.81 bits per heavy atom. The monoisotopic (exact) mass is 303 g/mol. The molecule has 1 heterocycles. The minimum Gasteiger partial charge on any atom is -0.372 e. The summed E-state index contributed by atoms with van der Waals surface area (Å²) in [6.07, 6.45) is 1.74. The molecule has 0 aliphatic heterocycles. The van der Waals surface area contributed by atoms with E-state index in [0.717, 1.165) is 18.7 Å². The molecule has 110 valence electrons. The third kappa shape index (κ3) is 4.43. The molecule has 2 rings (SSSR count). The Hall–Kier alpha value is -2.14. The fourth-order valence-corrected chi connectivity index (χ4v) is 2.01. The van der Waals surface area contributed by atoms with Crippen LogP contribution in [0, 0.1) is 0 Å². The van der Waals surface area contributed by atoms with Crippen LogP contribution >= 0.6 is 11.6 Å². The first-order valence-corrected chi connectivity index (χ1v) is 7.24. The van der Waals surface area contributed by atoms with Crippen LogP contribution in [0.1, 0.15) is 19.4 Å². The maximum atomic E-state index is 5.66. The molecule has 2 aromatic rings. The predicted octanol–water partition coefficient (Wildman–Crippen LogP) is 3.42. The molecule has 0 radical (unpaired) electrons. The summed E-state index contributed by atoms with van der Waals surface area (Å²) in [6, 6.07) is 11.6. The normalized spacial score (nSPS) is 10.8. The van der Waals surface area contributed by atoms with Crippen molar-refractivity contribution < 1.29 is 0 Å². The Labute approximate surface area is 129 Å². The van der Waals surface area contributed by atoms with E-state index >= 15 is 0 Å². The third-order valence-electron chi connectivity index (χ3n) is 3.05. The SMILES string of the molecule is CCN(CC)c1ccc(/C=N\Nc2ccc(Cl)nn2)cc1. The lowest BCUT2D eigenvalue weighted by Gasteiger charge is -2.20. The number of aromatic nitrogens is 2. The van der Waals surface area contributed by atoms with Crippen LogP contribution in [-0.2, 0) is 0 Å². The van der Waals surface area contributed by atoms with Gasteiger partial charge in [-0.3, -0.25) is 5.43 Å². The largest absolute Gasteiger partial charge is 0.372 e. The van der Waals surface area contributed by atoms with E-state index in [9.17, 15) is 0 Å². The van der Waals surface area contributed by atoms with E-state index in [2.05, 4.69) is 51.6 Å². The first-order chi connectivity index (χ1) is 10.2. The predicted molar refractivity (Wildman–Crippen MR) is 88.3 cm³/mol. The third-order valence-corrected chi connectivity index (χ3v) is 3.25. The number of hydrogen-bond donors (Lipinski definition) is 1. The molecule has 1 aromatic heterocycles. The summed E-state index contributed by atoms with van der Waals surface area (Å²) in [6.45, 7) is 6.30. The molecule has 0 aliphatic carbocycles. The van der Waals surface area contributed by atoms with Crippen LogP contribution in [0.25, 0.3) is 0 Å². The van der Waals surface area contributed by atoms with Crippen molar-refractivity contribution in [3.8, 4) is 0 Å². The van der Waals surface area contributed by atoms with Crippen molar-refractivity contribution in [3.63, 3.8) is 0 Å². The maximum Gasteiger partial charge on any atom is 0.168 e. The van der Waals surface area contributed by atoms with Crippen LogP contribution in [0.4, 0.5) is 11.5 Å². The number of halogens is 1. The number of hydrazone groups is 1. The molecule has 0 spiro atoms. The van der Waals surface area contributed by atoms with Gasteiger partial charge >= 0.3 is 0 Å². The molecular formula is C15H18ClN5. The zero-order valence-corrected chi connectivity index (χ0v) is 12.9. The van der Waals surface area contributed by atoms with E-state index in [1.807, 2.05) is 12.1 Å². The number of nitrogens with one attached hydrogen (secondary N) is 1. The number of hydrogen-bond acceptors (Lipinski definition) is 5. The molecule has 0 unspecified atom stereocenters. The van der Waals surface area contributed by atoms with Crippen molar-refractivity contribution in [3.05, 3.63) is 47.1 Å². The molecule has 21 heavy (non-hydrogen) atoms. The highest BCUT2D eigenvalue weighted by Gasteiger charge is 2.00. The summed E-state index contributed by atoms with van der Waals surface area (Å²) < 4.78 is 0.